The number of benzene rings is 2. The number of hydrogen-bond acceptors (Lipinski definition) is 6. The van der Waals surface area contributed by atoms with Gasteiger partial charge in [-0.15, -0.1) is 0 Å². The summed E-state index contributed by atoms with van der Waals surface area (Å²) in [5, 5.41) is 5.06. The molecule has 0 radical (unpaired) electrons. The van der Waals surface area contributed by atoms with E-state index in [1.807, 2.05) is 0 Å². The molecule has 2 aromatic carbocycles. The van der Waals surface area contributed by atoms with Crippen molar-refractivity contribution in [3.63, 3.8) is 0 Å². The first kappa shape index (κ1) is 20.8. The molecule has 8 heteroatoms. The molecule has 2 fully saturated rings. The van der Waals surface area contributed by atoms with Gasteiger partial charge in [-0.05, 0) is 22.8 Å². The van der Waals surface area contributed by atoms with Crippen molar-refractivity contribution in [1.82, 2.24) is 24.9 Å². The molecular formula is C24H30N6O2. The normalized spacial score (nSPS) is 24.1. The Labute approximate surface area is 188 Å². The van der Waals surface area contributed by atoms with E-state index < -0.39 is 12.2 Å². The Morgan fingerprint density at radius 3 is 2.56 bits per heavy atom. The lowest BCUT2D eigenvalue weighted by Crippen LogP contribution is -2.64. The number of likely N-dealkylation sites (N-methyl/N-ethyl adjacent to an activating group) is 1. The molecule has 3 aliphatic rings. The molecule has 3 amide bonds. The van der Waals surface area contributed by atoms with Gasteiger partial charge in [0.2, 0.25) is 0 Å². The fraction of sp³-hybridized carbons (Fsp3) is 0.458. The van der Waals surface area contributed by atoms with Crippen molar-refractivity contribution >= 4 is 28.7 Å². The summed E-state index contributed by atoms with van der Waals surface area (Å²) >= 11 is 0. The topological polar surface area (TPSA) is 71.5 Å². The first-order valence-corrected chi connectivity index (χ1v) is 11.4. The average molecular weight is 435 g/mol. The van der Waals surface area contributed by atoms with Crippen LogP contribution < -0.4 is 5.32 Å². The van der Waals surface area contributed by atoms with Crippen LogP contribution in [0.25, 0.3) is 10.8 Å². The number of carbonyl (C=O) groups excluding carboxylic acids is 2. The number of fused-ring (bicyclic) bond motifs is 2. The van der Waals surface area contributed by atoms with Crippen molar-refractivity contribution in [2.45, 2.75) is 32.1 Å². The van der Waals surface area contributed by atoms with Crippen molar-refractivity contribution < 1.29 is 9.59 Å². The van der Waals surface area contributed by atoms with E-state index in [-0.39, 0.29) is 11.9 Å². The second kappa shape index (κ2) is 8.43. The summed E-state index contributed by atoms with van der Waals surface area (Å²) in [7, 11) is 1.71. The molecule has 0 saturated carbocycles. The zero-order valence-electron chi connectivity index (χ0n) is 18.7. The van der Waals surface area contributed by atoms with E-state index in [1.54, 1.807) is 11.9 Å². The fourth-order valence-corrected chi connectivity index (χ4v) is 5.03. The predicted octanol–water partition coefficient (Wildman–Crippen LogP) is 1.92. The van der Waals surface area contributed by atoms with Crippen molar-refractivity contribution in [3.8, 4) is 0 Å². The van der Waals surface area contributed by atoms with Crippen LogP contribution in [0.5, 0.6) is 0 Å². The maximum atomic E-state index is 12.6. The minimum absolute atomic E-state index is 0.250. The van der Waals surface area contributed by atoms with Gasteiger partial charge in [-0.1, -0.05) is 49.4 Å². The van der Waals surface area contributed by atoms with Crippen molar-refractivity contribution in [2.24, 2.45) is 4.99 Å². The molecule has 2 aromatic rings. The summed E-state index contributed by atoms with van der Waals surface area (Å²) in [6.07, 6.45) is 0.459. The lowest BCUT2D eigenvalue weighted by molar-refractivity contribution is -0.127. The highest BCUT2D eigenvalue weighted by Crippen LogP contribution is 2.27. The van der Waals surface area contributed by atoms with Crippen LogP contribution in [0.4, 0.5) is 4.79 Å². The Balaban J connectivity index is 1.30. The van der Waals surface area contributed by atoms with Gasteiger partial charge in [0.05, 0.1) is 0 Å². The Bertz CT molecular complexity index is 1060. The number of rotatable bonds is 4. The van der Waals surface area contributed by atoms with Gasteiger partial charge in [0.1, 0.15) is 0 Å². The third-order valence-electron chi connectivity index (χ3n) is 6.73. The summed E-state index contributed by atoms with van der Waals surface area (Å²) < 4.78 is 0. The van der Waals surface area contributed by atoms with Gasteiger partial charge < -0.3 is 14.7 Å². The van der Waals surface area contributed by atoms with E-state index >= 15 is 0 Å². The van der Waals surface area contributed by atoms with E-state index in [1.165, 1.54) is 16.3 Å². The molecular weight excluding hydrogens is 404 g/mol. The minimum atomic E-state index is -0.452. The molecule has 2 saturated heterocycles. The molecule has 8 nitrogen and oxygen atoms in total. The lowest BCUT2D eigenvalue weighted by Gasteiger charge is -2.40. The van der Waals surface area contributed by atoms with E-state index in [4.69, 9.17) is 4.99 Å². The number of piperazine rings is 1. The van der Waals surface area contributed by atoms with Gasteiger partial charge in [0.15, 0.2) is 18.2 Å². The maximum Gasteiger partial charge on any atom is 0.325 e. The lowest BCUT2D eigenvalue weighted by atomic mass is 10.0. The second-order valence-electron chi connectivity index (χ2n) is 8.79. The van der Waals surface area contributed by atoms with E-state index in [0.29, 0.717) is 0 Å². The van der Waals surface area contributed by atoms with Crippen molar-refractivity contribution in [2.75, 3.05) is 39.8 Å². The quantitative estimate of drug-likeness (QED) is 0.796. The van der Waals surface area contributed by atoms with E-state index in [0.717, 1.165) is 51.6 Å². The molecule has 0 bridgehead atoms. The zero-order chi connectivity index (χ0) is 22.2. The number of carbonyl (C=O) groups is 2. The monoisotopic (exact) mass is 434 g/mol. The molecule has 0 spiro atoms. The highest BCUT2D eigenvalue weighted by atomic mass is 16.2. The first-order chi connectivity index (χ1) is 15.6. The number of aliphatic imine (C=N–C) groups is 1. The number of amides is 3. The fourth-order valence-electron chi connectivity index (χ4n) is 5.03. The summed E-state index contributed by atoms with van der Waals surface area (Å²) in [4.78, 5) is 37.9. The van der Waals surface area contributed by atoms with Gasteiger partial charge >= 0.3 is 6.03 Å². The Hall–Kier alpha value is -3.13. The summed E-state index contributed by atoms with van der Waals surface area (Å²) in [5.74, 6) is 0.600. The maximum absolute atomic E-state index is 12.6. The second-order valence-corrected chi connectivity index (χ2v) is 8.79. The number of urea groups is 1. The standard InChI is InChI=1S/C24H30N6O2/c1-3-11-30-20-21(27(2)24(32)26-22(20)31)25-23(30)29-14-12-28(13-15-29)16-18-9-6-8-17-7-4-5-10-19(17)18/h4-10,20-21H,3,11-16H2,1-2H3,(H,26,31,32). The molecule has 168 valence electrons. The molecule has 32 heavy (non-hydrogen) atoms. The van der Waals surface area contributed by atoms with Crippen LogP contribution in [0, 0.1) is 0 Å². The average Bonchev–Trinajstić information content (AvgIpc) is 3.19. The summed E-state index contributed by atoms with van der Waals surface area (Å²) in [6.45, 7) is 7.32. The summed E-state index contributed by atoms with van der Waals surface area (Å²) in [6, 6.07) is 14.2. The predicted molar refractivity (Wildman–Crippen MR) is 124 cm³/mol. The van der Waals surface area contributed by atoms with Gasteiger partial charge in [0, 0.05) is 46.3 Å². The molecule has 3 aliphatic heterocycles. The first-order valence-electron chi connectivity index (χ1n) is 11.4. The van der Waals surface area contributed by atoms with E-state index in [9.17, 15) is 9.59 Å². The Morgan fingerprint density at radius 1 is 1.03 bits per heavy atom. The summed E-state index contributed by atoms with van der Waals surface area (Å²) in [5.41, 5.74) is 1.35. The molecule has 0 aliphatic carbocycles. The molecule has 1 N–H and O–H groups in total. The third kappa shape index (κ3) is 3.58. The van der Waals surface area contributed by atoms with Crippen LogP contribution in [-0.2, 0) is 11.3 Å². The molecule has 3 heterocycles. The molecule has 0 aromatic heterocycles. The minimum Gasteiger partial charge on any atom is -0.340 e. The van der Waals surface area contributed by atoms with Crippen LogP contribution in [0.3, 0.4) is 0 Å². The van der Waals surface area contributed by atoms with Crippen LogP contribution in [0.1, 0.15) is 18.9 Å². The van der Waals surface area contributed by atoms with Crippen LogP contribution in [0.2, 0.25) is 0 Å². The molecule has 2 atom stereocenters. The SMILES string of the molecule is CCCN1C(N2CCN(Cc3cccc4ccccc34)CC2)=NC2C1C(=O)NC(=O)N2C. The van der Waals surface area contributed by atoms with E-state index in [2.05, 4.69) is 69.4 Å². The largest absolute Gasteiger partial charge is 0.340 e. The van der Waals surface area contributed by atoms with Crippen LogP contribution in [0.15, 0.2) is 47.5 Å². The van der Waals surface area contributed by atoms with Gasteiger partial charge in [-0.2, -0.15) is 0 Å². The number of nitrogens with zero attached hydrogens (tertiary/aromatic N) is 5. The van der Waals surface area contributed by atoms with Gasteiger partial charge in [-0.25, -0.2) is 9.79 Å². The number of imide groups is 1. The van der Waals surface area contributed by atoms with Crippen molar-refractivity contribution in [1.29, 1.82) is 0 Å². The smallest absolute Gasteiger partial charge is 0.325 e. The molecule has 2 unspecified atom stereocenters. The Kier molecular flexibility index (Phi) is 5.46. The molecule has 5 rings (SSSR count). The van der Waals surface area contributed by atoms with Crippen molar-refractivity contribution in [3.05, 3.63) is 48.0 Å². The number of guanidine groups is 1. The van der Waals surface area contributed by atoms with Crippen LogP contribution in [-0.4, -0.2) is 89.5 Å². The number of hydrogen-bond donors (Lipinski definition) is 1. The highest BCUT2D eigenvalue weighted by molar-refractivity contribution is 6.03. The van der Waals surface area contributed by atoms with Crippen LogP contribution >= 0.6 is 0 Å². The Morgan fingerprint density at radius 2 is 1.78 bits per heavy atom. The van der Waals surface area contributed by atoms with Gasteiger partial charge in [-0.3, -0.25) is 15.0 Å². The third-order valence-corrected chi connectivity index (χ3v) is 6.73. The number of nitrogens with one attached hydrogen (secondary N) is 1. The van der Waals surface area contributed by atoms with Gasteiger partial charge in [0.25, 0.3) is 5.91 Å². The highest BCUT2D eigenvalue weighted by Gasteiger charge is 2.49. The zero-order valence-corrected chi connectivity index (χ0v) is 18.7.